The van der Waals surface area contributed by atoms with Gasteiger partial charge < -0.3 is 5.11 Å². The number of fused-ring (bicyclic) bond motifs is 3. The number of hydrogen-bond donors (Lipinski definition) is 1. The summed E-state index contributed by atoms with van der Waals surface area (Å²) in [6.45, 7) is 0. The van der Waals surface area contributed by atoms with E-state index in [0.29, 0.717) is 21.5 Å². The summed E-state index contributed by atoms with van der Waals surface area (Å²) in [6, 6.07) is 5.50. The van der Waals surface area contributed by atoms with Crippen LogP contribution in [0.2, 0.25) is 0 Å². The molecule has 3 aromatic rings. The van der Waals surface area contributed by atoms with Gasteiger partial charge in [0.25, 0.3) is 0 Å². The van der Waals surface area contributed by atoms with Gasteiger partial charge in [-0.15, -0.1) is 4.91 Å². The van der Waals surface area contributed by atoms with E-state index in [0.717, 1.165) is 0 Å². The average molecular weight is 242 g/mol. The predicted octanol–water partition coefficient (Wildman–Crippen LogP) is 3.63. The molecule has 0 bridgehead atoms. The largest absolute Gasteiger partial charge is 0.505 e. The van der Waals surface area contributed by atoms with E-state index in [9.17, 15) is 14.4 Å². The highest BCUT2D eigenvalue weighted by atomic mass is 19.1. The fourth-order valence-electron chi connectivity index (χ4n) is 2.11. The third-order valence-corrected chi connectivity index (χ3v) is 2.92. The van der Waals surface area contributed by atoms with Crippen LogP contribution in [0.3, 0.4) is 0 Å². The third-order valence-electron chi connectivity index (χ3n) is 2.92. The van der Waals surface area contributed by atoms with Gasteiger partial charge in [0.05, 0.1) is 0 Å². The third kappa shape index (κ3) is 1.34. The number of benzene rings is 2. The Morgan fingerprint density at radius 3 is 2.72 bits per heavy atom. The predicted molar refractivity (Wildman–Crippen MR) is 66.3 cm³/mol. The van der Waals surface area contributed by atoms with E-state index in [1.54, 1.807) is 6.07 Å². The van der Waals surface area contributed by atoms with Crippen LogP contribution >= 0.6 is 0 Å². The maximum Gasteiger partial charge on any atom is 0.158 e. The highest BCUT2D eigenvalue weighted by Crippen LogP contribution is 2.42. The lowest BCUT2D eigenvalue weighted by Gasteiger charge is -2.08. The van der Waals surface area contributed by atoms with Crippen LogP contribution in [0.1, 0.15) is 0 Å². The first-order valence-electron chi connectivity index (χ1n) is 5.23. The lowest BCUT2D eigenvalue weighted by Crippen LogP contribution is -1.84. The SMILES string of the molecule is O=Nc1c(O)c2ccc(F)cc2c2cnccc12. The molecule has 88 valence electrons. The molecule has 1 N–H and O–H groups in total. The molecule has 0 aliphatic heterocycles. The molecule has 0 atom stereocenters. The molecule has 0 saturated carbocycles. The van der Waals surface area contributed by atoms with Crippen molar-refractivity contribution in [2.75, 3.05) is 0 Å². The zero-order valence-corrected chi connectivity index (χ0v) is 9.09. The molecular weight excluding hydrogens is 235 g/mol. The maximum absolute atomic E-state index is 13.3. The van der Waals surface area contributed by atoms with Crippen LogP contribution in [0.5, 0.6) is 5.75 Å². The highest BCUT2D eigenvalue weighted by Gasteiger charge is 2.14. The highest BCUT2D eigenvalue weighted by molar-refractivity contribution is 6.15. The number of aromatic hydroxyl groups is 1. The Kier molecular flexibility index (Phi) is 2.19. The van der Waals surface area contributed by atoms with Gasteiger partial charge in [-0.3, -0.25) is 4.98 Å². The van der Waals surface area contributed by atoms with Crippen LogP contribution in [0.4, 0.5) is 10.1 Å². The van der Waals surface area contributed by atoms with E-state index in [1.165, 1.54) is 30.6 Å². The summed E-state index contributed by atoms with van der Waals surface area (Å²) in [5, 5.41) is 14.8. The first kappa shape index (κ1) is 10.6. The van der Waals surface area contributed by atoms with Gasteiger partial charge in [0.1, 0.15) is 5.82 Å². The fourth-order valence-corrected chi connectivity index (χ4v) is 2.11. The average Bonchev–Trinajstić information content (AvgIpc) is 2.39. The number of halogens is 1. The minimum Gasteiger partial charge on any atom is -0.505 e. The fraction of sp³-hybridized carbons (Fsp3) is 0. The Balaban J connectivity index is 2.66. The second-order valence-corrected chi connectivity index (χ2v) is 3.90. The van der Waals surface area contributed by atoms with Gasteiger partial charge in [0.2, 0.25) is 0 Å². The second kappa shape index (κ2) is 3.73. The second-order valence-electron chi connectivity index (χ2n) is 3.90. The van der Waals surface area contributed by atoms with Gasteiger partial charge in [0, 0.05) is 28.6 Å². The van der Waals surface area contributed by atoms with Gasteiger partial charge in [-0.05, 0) is 34.8 Å². The number of pyridine rings is 1. The maximum atomic E-state index is 13.3. The van der Waals surface area contributed by atoms with E-state index in [4.69, 9.17) is 0 Å². The number of phenolic OH excluding ortho intramolecular Hbond substituents is 1. The number of nitrogens with zero attached hydrogens (tertiary/aromatic N) is 2. The minimum atomic E-state index is -0.418. The zero-order chi connectivity index (χ0) is 12.7. The molecular formula is C13H7FN2O2. The molecule has 0 radical (unpaired) electrons. The summed E-state index contributed by atoms with van der Waals surface area (Å²) >= 11 is 0. The number of phenols is 1. The van der Waals surface area contributed by atoms with Crippen LogP contribution < -0.4 is 0 Å². The van der Waals surface area contributed by atoms with Gasteiger partial charge in [-0.2, -0.15) is 0 Å². The van der Waals surface area contributed by atoms with E-state index in [1.807, 2.05) is 0 Å². The van der Waals surface area contributed by atoms with Crippen LogP contribution in [-0.2, 0) is 0 Å². The standard InChI is InChI=1S/C13H7FN2O2/c14-7-1-2-9-10(5-7)11-6-15-4-3-8(11)12(16-18)13(9)17/h1-6,17H. The van der Waals surface area contributed by atoms with Crippen LogP contribution in [-0.4, -0.2) is 10.1 Å². The number of aromatic nitrogens is 1. The van der Waals surface area contributed by atoms with Crippen LogP contribution in [0.25, 0.3) is 21.5 Å². The van der Waals surface area contributed by atoms with Crippen molar-refractivity contribution >= 4 is 27.2 Å². The zero-order valence-electron chi connectivity index (χ0n) is 9.09. The first-order chi connectivity index (χ1) is 8.72. The molecule has 4 nitrogen and oxygen atoms in total. The minimum absolute atomic E-state index is 0.0495. The summed E-state index contributed by atoms with van der Waals surface area (Å²) in [6.07, 6.45) is 3.01. The van der Waals surface area contributed by atoms with Crippen molar-refractivity contribution in [1.29, 1.82) is 0 Å². The molecule has 0 spiro atoms. The molecule has 1 heterocycles. The molecule has 0 aliphatic rings. The first-order valence-corrected chi connectivity index (χ1v) is 5.23. The van der Waals surface area contributed by atoms with Crippen molar-refractivity contribution in [3.05, 3.63) is 47.4 Å². The quantitative estimate of drug-likeness (QED) is 0.523. The Morgan fingerprint density at radius 1 is 1.11 bits per heavy atom. The van der Waals surface area contributed by atoms with Crippen molar-refractivity contribution in [2.45, 2.75) is 0 Å². The van der Waals surface area contributed by atoms with Gasteiger partial charge >= 0.3 is 0 Å². The molecule has 0 saturated heterocycles. The molecule has 3 rings (SSSR count). The van der Waals surface area contributed by atoms with Crippen LogP contribution in [0.15, 0.2) is 41.8 Å². The Labute approximate surface area is 101 Å². The van der Waals surface area contributed by atoms with E-state index < -0.39 is 5.82 Å². The van der Waals surface area contributed by atoms with E-state index in [2.05, 4.69) is 10.2 Å². The summed E-state index contributed by atoms with van der Waals surface area (Å²) in [5.41, 5.74) is -0.0495. The molecule has 5 heteroatoms. The van der Waals surface area contributed by atoms with Gasteiger partial charge in [-0.25, -0.2) is 4.39 Å². The van der Waals surface area contributed by atoms with Crippen molar-refractivity contribution in [2.24, 2.45) is 5.18 Å². The number of rotatable bonds is 1. The van der Waals surface area contributed by atoms with Gasteiger partial charge in [-0.1, -0.05) is 0 Å². The lowest BCUT2D eigenvalue weighted by atomic mass is 10.0. The summed E-state index contributed by atoms with van der Waals surface area (Å²) in [4.78, 5) is 14.8. The monoisotopic (exact) mass is 242 g/mol. The van der Waals surface area contributed by atoms with Crippen LogP contribution in [0, 0.1) is 10.7 Å². The Bertz CT molecular complexity index is 787. The van der Waals surface area contributed by atoms with Crippen molar-refractivity contribution in [3.63, 3.8) is 0 Å². The number of nitroso groups, excluding NO2 is 1. The molecule has 2 aromatic carbocycles. The Morgan fingerprint density at radius 2 is 1.94 bits per heavy atom. The topological polar surface area (TPSA) is 62.5 Å². The summed E-state index contributed by atoms with van der Waals surface area (Å²) < 4.78 is 13.3. The lowest BCUT2D eigenvalue weighted by molar-refractivity contribution is 0.483. The van der Waals surface area contributed by atoms with E-state index >= 15 is 0 Å². The van der Waals surface area contributed by atoms with Crippen molar-refractivity contribution < 1.29 is 9.50 Å². The van der Waals surface area contributed by atoms with Gasteiger partial charge in [0.15, 0.2) is 11.4 Å². The molecule has 0 aliphatic carbocycles. The summed E-state index contributed by atoms with van der Waals surface area (Å²) in [5.74, 6) is -0.655. The number of hydrogen-bond acceptors (Lipinski definition) is 4. The molecule has 0 amide bonds. The summed E-state index contributed by atoms with van der Waals surface area (Å²) in [7, 11) is 0. The van der Waals surface area contributed by atoms with E-state index in [-0.39, 0.29) is 11.4 Å². The molecule has 0 unspecified atom stereocenters. The van der Waals surface area contributed by atoms with Crippen molar-refractivity contribution in [3.8, 4) is 5.75 Å². The Hall–Kier alpha value is -2.56. The molecule has 18 heavy (non-hydrogen) atoms. The smallest absolute Gasteiger partial charge is 0.158 e. The molecule has 1 aromatic heterocycles. The molecule has 0 fully saturated rings. The van der Waals surface area contributed by atoms with Crippen molar-refractivity contribution in [1.82, 2.24) is 4.98 Å². The normalized spacial score (nSPS) is 10.9.